The number of unbranched alkanes of at least 4 members (excludes halogenated alkanes) is 12. The van der Waals surface area contributed by atoms with Crippen LogP contribution in [-0.4, -0.2) is 108 Å². The topological polar surface area (TPSA) is 303 Å². The normalized spacial score (nSPS) is 20.3. The van der Waals surface area contributed by atoms with Crippen molar-refractivity contribution in [2.75, 3.05) is 13.2 Å². The quantitative estimate of drug-likeness (QED) is 0.0203. The van der Waals surface area contributed by atoms with Crippen molar-refractivity contribution in [1.29, 1.82) is 0 Å². The molecule has 0 aromatic rings. The number of phosphoric ester groups is 3. The highest BCUT2D eigenvalue weighted by Crippen LogP contribution is 2.51. The summed E-state index contributed by atoms with van der Waals surface area (Å²) in [6.45, 7) is 1.96. The summed E-state index contributed by atoms with van der Waals surface area (Å²) < 4.78 is 64.6. The van der Waals surface area contributed by atoms with Crippen molar-refractivity contribution in [3.63, 3.8) is 0 Å². The van der Waals surface area contributed by atoms with Gasteiger partial charge in [-0.2, -0.15) is 0 Å². The minimum absolute atomic E-state index is 0.0875. The molecular formula is C41H53O19P3. The van der Waals surface area contributed by atoms with Crippen LogP contribution in [0.3, 0.4) is 0 Å². The van der Waals surface area contributed by atoms with Crippen molar-refractivity contribution < 1.29 is 90.6 Å². The van der Waals surface area contributed by atoms with Crippen LogP contribution >= 0.6 is 23.5 Å². The maximum absolute atomic E-state index is 13.0. The molecule has 346 valence electrons. The van der Waals surface area contributed by atoms with Gasteiger partial charge in [0, 0.05) is 12.3 Å². The molecule has 1 saturated carbocycles. The number of carbonyl (C=O) groups excluding carboxylic acids is 2. The monoisotopic (exact) mass is 942 g/mol. The lowest BCUT2D eigenvalue weighted by Crippen LogP contribution is -2.65. The molecule has 8 atom stereocenters. The van der Waals surface area contributed by atoms with Gasteiger partial charge in [0.05, 0.1) is 6.61 Å². The maximum Gasteiger partial charge on any atom is 0.472 e. The van der Waals surface area contributed by atoms with E-state index in [2.05, 4.69) is 92.9 Å². The minimum Gasteiger partial charge on any atom is -0.456 e. The number of phosphoric acid groups is 3. The van der Waals surface area contributed by atoms with Gasteiger partial charge >= 0.3 is 35.4 Å². The fraction of sp³-hybridized carbons (Fsp3) is 0.610. The zero-order chi connectivity index (χ0) is 47.2. The molecule has 63 heavy (non-hydrogen) atoms. The standard InChI is InChI=1S/C41H53O19P3/c1-3-5-7-9-11-13-15-17-19-21-23-25-27-29-34(42)55-31-33(57-35(43)30-28-26-24-22-20-18-16-14-12-10-8-6-4-2)32-56-63(53,54)60-41-37(45)39(58-61(47,48)49)36(44)40(38(41)46)59-62(50,51)52/h33,36-41,44-46H,4,6,8,10,12,14,16,18,20,22,24,26,28,30-32H2,1-2H3,(H,53,54)(H2,47,48,49)(H2,50,51,52)/t33-,36-,37+,38?,39?,40-,41?/m1/s1. The first kappa shape index (κ1) is 57.1. The lowest BCUT2D eigenvalue weighted by atomic mass is 9.85. The van der Waals surface area contributed by atoms with Crippen molar-refractivity contribution >= 4 is 35.4 Å². The van der Waals surface area contributed by atoms with Crippen LogP contribution in [0.15, 0.2) is 0 Å². The van der Waals surface area contributed by atoms with Crippen molar-refractivity contribution in [1.82, 2.24) is 0 Å². The zero-order valence-electron chi connectivity index (χ0n) is 34.8. The van der Waals surface area contributed by atoms with Gasteiger partial charge in [-0.05, 0) is 84.4 Å². The predicted molar refractivity (Wildman–Crippen MR) is 224 cm³/mol. The van der Waals surface area contributed by atoms with Crippen LogP contribution in [0.1, 0.15) is 104 Å². The molecule has 0 aliphatic heterocycles. The summed E-state index contributed by atoms with van der Waals surface area (Å²) in [6.07, 6.45) is -3.11. The van der Waals surface area contributed by atoms with E-state index in [1.807, 2.05) is 5.92 Å². The molecule has 0 bridgehead atoms. The van der Waals surface area contributed by atoms with E-state index in [9.17, 15) is 63.1 Å². The summed E-state index contributed by atoms with van der Waals surface area (Å²) in [4.78, 5) is 72.5. The van der Waals surface area contributed by atoms with E-state index in [-0.39, 0.29) is 6.42 Å². The van der Waals surface area contributed by atoms with Gasteiger partial charge in [-0.25, -0.2) is 18.5 Å². The lowest BCUT2D eigenvalue weighted by Gasteiger charge is -2.44. The summed E-state index contributed by atoms with van der Waals surface area (Å²) in [5, 5.41) is 31.7. The molecule has 0 aromatic carbocycles. The molecule has 1 fully saturated rings. The molecule has 1 rings (SSSR count). The Kier molecular flexibility index (Phi) is 28.9. The van der Waals surface area contributed by atoms with E-state index < -0.39 is 91.3 Å². The number of hydrogen-bond donors (Lipinski definition) is 8. The van der Waals surface area contributed by atoms with Crippen LogP contribution in [0.4, 0.5) is 0 Å². The Bertz CT molecular complexity index is 2030. The molecule has 0 saturated heterocycles. The van der Waals surface area contributed by atoms with Crippen LogP contribution in [-0.2, 0) is 50.9 Å². The van der Waals surface area contributed by atoms with Gasteiger partial charge in [0.2, 0.25) is 0 Å². The van der Waals surface area contributed by atoms with E-state index in [0.29, 0.717) is 12.8 Å². The summed E-state index contributed by atoms with van der Waals surface area (Å²) in [5.41, 5.74) is 0. The average Bonchev–Trinajstić information content (AvgIpc) is 3.20. The molecule has 22 heteroatoms. The van der Waals surface area contributed by atoms with Gasteiger partial charge in [-0.3, -0.25) is 22.9 Å². The van der Waals surface area contributed by atoms with Gasteiger partial charge < -0.3 is 49.3 Å². The molecule has 0 radical (unpaired) electrons. The van der Waals surface area contributed by atoms with Gasteiger partial charge in [-0.15, -0.1) is 0 Å². The first-order chi connectivity index (χ1) is 29.8. The molecule has 0 amide bonds. The van der Waals surface area contributed by atoms with Crippen LogP contribution in [0.2, 0.25) is 0 Å². The summed E-state index contributed by atoms with van der Waals surface area (Å²) in [5.74, 6) is 31.2. The third kappa shape index (κ3) is 28.5. The second-order valence-electron chi connectivity index (χ2n) is 13.5. The molecule has 1 aliphatic carbocycles. The van der Waals surface area contributed by atoms with Crippen LogP contribution in [0, 0.1) is 82.9 Å². The Morgan fingerprint density at radius 1 is 0.540 bits per heavy atom. The Labute approximate surface area is 367 Å². The van der Waals surface area contributed by atoms with Gasteiger partial charge in [0.1, 0.15) is 43.2 Å². The Morgan fingerprint density at radius 2 is 0.921 bits per heavy atom. The summed E-state index contributed by atoms with van der Waals surface area (Å²) in [6, 6.07) is 0. The highest BCUT2D eigenvalue weighted by atomic mass is 31.2. The van der Waals surface area contributed by atoms with Gasteiger partial charge in [0.25, 0.3) is 0 Å². The van der Waals surface area contributed by atoms with Gasteiger partial charge in [0.15, 0.2) is 6.10 Å². The molecule has 0 spiro atoms. The number of ether oxygens (including phenoxy) is 2. The van der Waals surface area contributed by atoms with E-state index in [1.54, 1.807) is 6.92 Å². The SMILES string of the molecule is CC#CC#CC#CC#CC#CC#CC#CC(=O)OC[C@H](COP(=O)(O)OC1C(O)[C@H](OP(=O)(O)O)[C@H](O)C(OP(=O)(O)O)[C@@H]1O)OC(=O)CCCCCCCCCCCCCCC. The molecular weight excluding hydrogens is 889 g/mol. The van der Waals surface area contributed by atoms with E-state index in [0.717, 1.165) is 25.7 Å². The fourth-order valence-electron chi connectivity index (χ4n) is 5.53. The fourth-order valence-corrected chi connectivity index (χ4v) is 7.64. The molecule has 1 aliphatic rings. The predicted octanol–water partition coefficient (Wildman–Crippen LogP) is 2.52. The number of rotatable bonds is 26. The minimum atomic E-state index is -5.58. The molecule has 19 nitrogen and oxygen atoms in total. The number of aliphatic hydroxyl groups excluding tert-OH is 3. The number of carbonyl (C=O) groups is 2. The Morgan fingerprint density at radius 3 is 1.33 bits per heavy atom. The summed E-state index contributed by atoms with van der Waals surface area (Å²) >= 11 is 0. The number of hydrogen-bond acceptors (Lipinski definition) is 14. The molecule has 0 heterocycles. The largest absolute Gasteiger partial charge is 0.472 e. The van der Waals surface area contributed by atoms with Gasteiger partial charge in [-0.1, -0.05) is 89.9 Å². The van der Waals surface area contributed by atoms with Crippen molar-refractivity contribution in [3.8, 4) is 82.9 Å². The number of esters is 2. The van der Waals surface area contributed by atoms with Crippen LogP contribution in [0.5, 0.6) is 0 Å². The van der Waals surface area contributed by atoms with E-state index in [4.69, 9.17) is 18.5 Å². The average molecular weight is 943 g/mol. The highest BCUT2D eigenvalue weighted by molar-refractivity contribution is 7.47. The summed E-state index contributed by atoms with van der Waals surface area (Å²) in [7, 11) is -16.7. The van der Waals surface area contributed by atoms with Crippen LogP contribution in [0.25, 0.3) is 0 Å². The Balaban J connectivity index is 2.98. The third-order valence-corrected chi connectivity index (χ3v) is 10.4. The first-order valence-corrected chi connectivity index (χ1v) is 24.3. The van der Waals surface area contributed by atoms with E-state index >= 15 is 0 Å². The van der Waals surface area contributed by atoms with Crippen molar-refractivity contribution in [2.45, 2.75) is 146 Å². The maximum atomic E-state index is 13.0. The van der Waals surface area contributed by atoms with Crippen molar-refractivity contribution in [2.24, 2.45) is 0 Å². The highest BCUT2D eigenvalue weighted by Gasteiger charge is 2.56. The Hall–Kier alpha value is -3.93. The third-order valence-electron chi connectivity index (χ3n) is 8.38. The molecule has 8 N–H and O–H groups in total. The number of aliphatic hydroxyl groups is 3. The second-order valence-corrected chi connectivity index (χ2v) is 17.3. The van der Waals surface area contributed by atoms with E-state index in [1.165, 1.54) is 44.9 Å². The van der Waals surface area contributed by atoms with Crippen LogP contribution < -0.4 is 0 Å². The zero-order valence-corrected chi connectivity index (χ0v) is 37.4. The second kappa shape index (κ2) is 31.8. The first-order valence-electron chi connectivity index (χ1n) is 19.8. The smallest absolute Gasteiger partial charge is 0.456 e. The molecule has 0 aromatic heterocycles. The lowest BCUT2D eigenvalue weighted by molar-refractivity contribution is -0.213. The van der Waals surface area contributed by atoms with Crippen molar-refractivity contribution in [3.05, 3.63) is 0 Å². The molecule has 4 unspecified atom stereocenters.